The summed E-state index contributed by atoms with van der Waals surface area (Å²) in [7, 11) is 0. The van der Waals surface area contributed by atoms with Gasteiger partial charge in [-0.15, -0.1) is 11.3 Å². The van der Waals surface area contributed by atoms with Crippen molar-refractivity contribution in [3.63, 3.8) is 0 Å². The van der Waals surface area contributed by atoms with Gasteiger partial charge in [0.05, 0.1) is 17.6 Å². The summed E-state index contributed by atoms with van der Waals surface area (Å²) in [4.78, 5) is 23.2. The molecule has 2 N–H and O–H groups in total. The summed E-state index contributed by atoms with van der Waals surface area (Å²) >= 11 is 1.30. The van der Waals surface area contributed by atoms with Crippen molar-refractivity contribution in [1.82, 2.24) is 9.97 Å². The number of aromatic nitrogens is 2. The molecule has 0 bridgehead atoms. The molecule has 0 radical (unpaired) electrons. The lowest BCUT2D eigenvalue weighted by molar-refractivity contribution is 0.104. The van der Waals surface area contributed by atoms with E-state index in [0.29, 0.717) is 26.7 Å². The molecule has 5 nitrogen and oxygen atoms in total. The van der Waals surface area contributed by atoms with Crippen LogP contribution in [-0.2, 0) is 0 Å². The van der Waals surface area contributed by atoms with Crippen molar-refractivity contribution in [2.24, 2.45) is 0 Å². The van der Waals surface area contributed by atoms with Gasteiger partial charge in [0, 0.05) is 34.5 Å². The molecule has 5 aromatic rings. The molecule has 140 valence electrons. The van der Waals surface area contributed by atoms with Crippen LogP contribution in [0, 0.1) is 0 Å². The number of thiophene rings is 1. The number of pyridine rings is 2. The minimum atomic E-state index is -0.112. The van der Waals surface area contributed by atoms with E-state index in [2.05, 4.69) is 4.98 Å². The van der Waals surface area contributed by atoms with E-state index in [9.17, 15) is 4.79 Å². The minimum absolute atomic E-state index is 0.112. The third-order valence-corrected chi connectivity index (χ3v) is 5.78. The van der Waals surface area contributed by atoms with Gasteiger partial charge in [0.2, 0.25) is 5.78 Å². The summed E-state index contributed by atoms with van der Waals surface area (Å²) in [6, 6.07) is 18.6. The van der Waals surface area contributed by atoms with Gasteiger partial charge in [-0.2, -0.15) is 0 Å². The molecule has 0 aliphatic heterocycles. The first kappa shape index (κ1) is 17.3. The molecule has 4 heterocycles. The molecule has 29 heavy (non-hydrogen) atoms. The van der Waals surface area contributed by atoms with Crippen molar-refractivity contribution >= 4 is 33.0 Å². The third kappa shape index (κ3) is 2.99. The fraction of sp³-hybridized carbons (Fsp3) is 0. The van der Waals surface area contributed by atoms with Crippen molar-refractivity contribution in [1.29, 1.82) is 0 Å². The maximum absolute atomic E-state index is 13.1. The number of anilines is 1. The van der Waals surface area contributed by atoms with Crippen molar-refractivity contribution in [3.8, 4) is 22.6 Å². The molecule has 1 aromatic carbocycles. The van der Waals surface area contributed by atoms with Gasteiger partial charge < -0.3 is 10.2 Å². The molecule has 0 aliphatic rings. The summed E-state index contributed by atoms with van der Waals surface area (Å²) in [6.07, 6.45) is 5.09. The number of rotatable bonds is 4. The lowest BCUT2D eigenvalue weighted by Crippen LogP contribution is -2.01. The number of benzene rings is 1. The van der Waals surface area contributed by atoms with E-state index in [1.807, 2.05) is 48.5 Å². The number of fused-ring (bicyclic) bond motifs is 1. The number of hydrogen-bond acceptors (Lipinski definition) is 6. The number of nitrogens with zero attached hydrogens (tertiary/aromatic N) is 2. The lowest BCUT2D eigenvalue weighted by atomic mass is 10.0. The standard InChI is InChI=1S/C23H15N3O2S/c24-20-19-16(18-9-5-11-28-18)12-17(15-8-4-10-25-13-15)26-23(19)29-22(20)21(27)14-6-2-1-3-7-14/h1-13H,24H2. The predicted molar refractivity (Wildman–Crippen MR) is 115 cm³/mol. The molecular weight excluding hydrogens is 382 g/mol. The molecule has 6 heteroatoms. The molecule has 0 saturated heterocycles. The summed E-state index contributed by atoms with van der Waals surface area (Å²) < 4.78 is 5.65. The van der Waals surface area contributed by atoms with Gasteiger partial charge in [0.15, 0.2) is 0 Å². The van der Waals surface area contributed by atoms with E-state index in [1.54, 1.807) is 30.8 Å². The van der Waals surface area contributed by atoms with Gasteiger partial charge in [-0.25, -0.2) is 4.98 Å². The van der Waals surface area contributed by atoms with Crippen LogP contribution >= 0.6 is 11.3 Å². The first-order valence-corrected chi connectivity index (χ1v) is 9.81. The molecule has 0 saturated carbocycles. The highest BCUT2D eigenvalue weighted by molar-refractivity contribution is 7.21. The number of carbonyl (C=O) groups is 1. The van der Waals surface area contributed by atoms with Crippen LogP contribution < -0.4 is 5.73 Å². The Labute approximate surface area is 170 Å². The second-order valence-electron chi connectivity index (χ2n) is 6.49. The average molecular weight is 397 g/mol. The van der Waals surface area contributed by atoms with Crippen molar-refractivity contribution < 1.29 is 9.21 Å². The molecule has 0 atom stereocenters. The van der Waals surface area contributed by atoms with E-state index in [1.165, 1.54) is 11.3 Å². The second-order valence-corrected chi connectivity index (χ2v) is 7.49. The number of ketones is 1. The number of nitrogens with two attached hydrogens (primary N) is 1. The molecule has 0 spiro atoms. The van der Waals surface area contributed by atoms with Crippen LogP contribution in [0.1, 0.15) is 15.2 Å². The predicted octanol–water partition coefficient (Wildman–Crippen LogP) is 5.43. The molecular formula is C23H15N3O2S. The second kappa shape index (κ2) is 7.00. The lowest BCUT2D eigenvalue weighted by Gasteiger charge is -2.06. The quantitative estimate of drug-likeness (QED) is 0.409. The fourth-order valence-corrected chi connectivity index (χ4v) is 4.38. The van der Waals surface area contributed by atoms with Crippen LogP contribution in [0.15, 0.2) is 83.7 Å². The number of nitrogen functional groups attached to an aromatic ring is 1. The van der Waals surface area contributed by atoms with Crippen LogP contribution in [-0.4, -0.2) is 15.8 Å². The van der Waals surface area contributed by atoms with Crippen molar-refractivity contribution in [3.05, 3.63) is 89.8 Å². The molecule has 0 unspecified atom stereocenters. The van der Waals surface area contributed by atoms with Crippen LogP contribution in [0.5, 0.6) is 0 Å². The Morgan fingerprint density at radius 1 is 1.03 bits per heavy atom. The van der Waals surface area contributed by atoms with E-state index in [0.717, 1.165) is 22.2 Å². The number of hydrogen-bond donors (Lipinski definition) is 1. The van der Waals surface area contributed by atoms with Crippen LogP contribution in [0.25, 0.3) is 32.8 Å². The highest BCUT2D eigenvalue weighted by atomic mass is 32.1. The van der Waals surface area contributed by atoms with Gasteiger partial charge in [-0.05, 0) is 30.3 Å². The highest BCUT2D eigenvalue weighted by Gasteiger charge is 2.23. The van der Waals surface area contributed by atoms with Gasteiger partial charge in [-0.3, -0.25) is 9.78 Å². The zero-order chi connectivity index (χ0) is 19.8. The SMILES string of the molecule is Nc1c(C(=O)c2ccccc2)sc2nc(-c3cccnc3)cc(-c3ccco3)c12. The molecule has 0 amide bonds. The molecule has 5 rings (SSSR count). The average Bonchev–Trinajstić information content (AvgIpc) is 3.42. The van der Waals surface area contributed by atoms with Gasteiger partial charge >= 0.3 is 0 Å². The maximum Gasteiger partial charge on any atom is 0.205 e. The monoisotopic (exact) mass is 397 g/mol. The van der Waals surface area contributed by atoms with E-state index >= 15 is 0 Å². The Hall–Kier alpha value is -3.77. The van der Waals surface area contributed by atoms with Gasteiger partial charge in [0.25, 0.3) is 0 Å². The first-order chi connectivity index (χ1) is 14.2. The first-order valence-electron chi connectivity index (χ1n) is 8.99. The minimum Gasteiger partial charge on any atom is -0.464 e. The Bertz CT molecular complexity index is 1310. The Morgan fingerprint density at radius 2 is 1.90 bits per heavy atom. The Kier molecular flexibility index (Phi) is 4.18. The van der Waals surface area contributed by atoms with Gasteiger partial charge in [0.1, 0.15) is 15.5 Å². The van der Waals surface area contributed by atoms with E-state index < -0.39 is 0 Å². The topological polar surface area (TPSA) is 82.0 Å². The highest BCUT2D eigenvalue weighted by Crippen LogP contribution is 2.42. The van der Waals surface area contributed by atoms with E-state index in [-0.39, 0.29) is 5.78 Å². The largest absolute Gasteiger partial charge is 0.464 e. The number of carbonyl (C=O) groups excluding carboxylic acids is 1. The Balaban J connectivity index is 1.76. The summed E-state index contributed by atoms with van der Waals surface area (Å²) in [5.41, 5.74) is 9.92. The molecule has 0 aliphatic carbocycles. The van der Waals surface area contributed by atoms with Crippen molar-refractivity contribution in [2.75, 3.05) is 5.73 Å². The third-order valence-electron chi connectivity index (χ3n) is 4.69. The summed E-state index contributed by atoms with van der Waals surface area (Å²) in [6.45, 7) is 0. The maximum atomic E-state index is 13.1. The van der Waals surface area contributed by atoms with Gasteiger partial charge in [-0.1, -0.05) is 30.3 Å². The van der Waals surface area contributed by atoms with Crippen molar-refractivity contribution in [2.45, 2.75) is 0 Å². The Morgan fingerprint density at radius 3 is 2.62 bits per heavy atom. The zero-order valence-electron chi connectivity index (χ0n) is 15.2. The normalized spacial score (nSPS) is 11.0. The zero-order valence-corrected chi connectivity index (χ0v) is 16.0. The number of furan rings is 1. The van der Waals surface area contributed by atoms with Crippen LogP contribution in [0.3, 0.4) is 0 Å². The van der Waals surface area contributed by atoms with Crippen LogP contribution in [0.2, 0.25) is 0 Å². The molecule has 0 fully saturated rings. The molecule has 4 aromatic heterocycles. The van der Waals surface area contributed by atoms with E-state index in [4.69, 9.17) is 15.1 Å². The fourth-order valence-electron chi connectivity index (χ4n) is 3.30. The smallest absolute Gasteiger partial charge is 0.205 e. The summed E-state index contributed by atoms with van der Waals surface area (Å²) in [5, 5.41) is 0.733. The van der Waals surface area contributed by atoms with Crippen LogP contribution in [0.4, 0.5) is 5.69 Å². The summed E-state index contributed by atoms with van der Waals surface area (Å²) in [5.74, 6) is 0.560.